The Morgan fingerprint density at radius 1 is 1.17 bits per heavy atom. The molecule has 1 aromatic carbocycles. The van der Waals surface area contributed by atoms with Gasteiger partial charge in [0.05, 0.1) is 0 Å². The summed E-state index contributed by atoms with van der Waals surface area (Å²) in [6.45, 7) is 0. The largest absolute Gasteiger partial charge is 0.453 e. The average molecular weight is 258 g/mol. The van der Waals surface area contributed by atoms with Crippen molar-refractivity contribution in [2.24, 2.45) is 0 Å². The molecule has 0 bridgehead atoms. The number of nitrogens with two attached hydrogens (primary N) is 1. The molecule has 2 N–H and O–H groups in total. The molecule has 0 saturated heterocycles. The first-order valence-electron chi connectivity index (χ1n) is 5.31. The highest BCUT2D eigenvalue weighted by molar-refractivity contribution is 7.98. The van der Waals surface area contributed by atoms with E-state index in [9.17, 15) is 0 Å². The van der Waals surface area contributed by atoms with Gasteiger partial charge in [0, 0.05) is 5.39 Å². The second kappa shape index (κ2) is 4.30. The standard InChI is InChI=1S/C12H10N4OS/c1-18-12-15-10(14-11(13)16-12)9-6-7-4-2-3-5-8(7)17-9/h2-6H,1H3,(H2,13,14,15,16). The fraction of sp³-hybridized carbons (Fsp3) is 0.0833. The number of furan rings is 1. The monoisotopic (exact) mass is 258 g/mol. The third-order valence-electron chi connectivity index (χ3n) is 2.46. The molecule has 0 aliphatic heterocycles. The molecule has 3 rings (SSSR count). The fourth-order valence-corrected chi connectivity index (χ4v) is 2.03. The zero-order valence-corrected chi connectivity index (χ0v) is 10.4. The highest BCUT2D eigenvalue weighted by Gasteiger charge is 2.11. The van der Waals surface area contributed by atoms with E-state index in [0.717, 1.165) is 11.0 Å². The second-order valence-corrected chi connectivity index (χ2v) is 4.43. The lowest BCUT2D eigenvalue weighted by molar-refractivity contribution is 0.622. The third-order valence-corrected chi connectivity index (χ3v) is 3.01. The maximum absolute atomic E-state index is 5.69. The lowest BCUT2D eigenvalue weighted by Crippen LogP contribution is -2.00. The predicted octanol–water partition coefficient (Wildman–Crippen LogP) is 2.59. The minimum Gasteiger partial charge on any atom is -0.453 e. The van der Waals surface area contributed by atoms with E-state index in [4.69, 9.17) is 10.2 Å². The minimum atomic E-state index is 0.199. The maximum atomic E-state index is 5.69. The van der Waals surface area contributed by atoms with Crippen LogP contribution in [0.25, 0.3) is 22.6 Å². The van der Waals surface area contributed by atoms with Gasteiger partial charge in [-0.1, -0.05) is 30.0 Å². The van der Waals surface area contributed by atoms with Crippen LogP contribution in [-0.4, -0.2) is 21.2 Å². The molecule has 0 aliphatic carbocycles. The number of thioether (sulfide) groups is 1. The van der Waals surface area contributed by atoms with Crippen LogP contribution in [-0.2, 0) is 0 Å². The van der Waals surface area contributed by atoms with Crippen molar-refractivity contribution in [3.05, 3.63) is 30.3 Å². The molecule has 3 aromatic rings. The molecule has 2 aromatic heterocycles. The number of rotatable bonds is 2. The van der Waals surface area contributed by atoms with E-state index in [1.807, 2.05) is 36.6 Å². The Balaban J connectivity index is 2.16. The first-order chi connectivity index (χ1) is 8.76. The first kappa shape index (κ1) is 11.0. The Hall–Kier alpha value is -2.08. The molecule has 6 heteroatoms. The van der Waals surface area contributed by atoms with E-state index in [0.29, 0.717) is 16.7 Å². The number of nitrogen functional groups attached to an aromatic ring is 1. The summed E-state index contributed by atoms with van der Waals surface area (Å²) in [5, 5.41) is 1.59. The molecule has 0 atom stereocenters. The summed E-state index contributed by atoms with van der Waals surface area (Å²) < 4.78 is 5.69. The summed E-state index contributed by atoms with van der Waals surface area (Å²) in [4.78, 5) is 12.4. The third kappa shape index (κ3) is 1.91. The molecule has 2 heterocycles. The van der Waals surface area contributed by atoms with Crippen molar-refractivity contribution < 1.29 is 4.42 Å². The van der Waals surface area contributed by atoms with Crippen LogP contribution in [0.1, 0.15) is 0 Å². The lowest BCUT2D eigenvalue weighted by atomic mass is 10.2. The second-order valence-electron chi connectivity index (χ2n) is 3.65. The maximum Gasteiger partial charge on any atom is 0.224 e. The predicted molar refractivity (Wildman–Crippen MR) is 71.2 cm³/mol. The van der Waals surface area contributed by atoms with Gasteiger partial charge in [-0.05, 0) is 18.4 Å². The van der Waals surface area contributed by atoms with Gasteiger partial charge in [-0.25, -0.2) is 0 Å². The van der Waals surface area contributed by atoms with Gasteiger partial charge in [0.2, 0.25) is 11.8 Å². The van der Waals surface area contributed by atoms with Crippen molar-refractivity contribution in [1.29, 1.82) is 0 Å². The molecule has 0 amide bonds. The van der Waals surface area contributed by atoms with Gasteiger partial charge in [0.1, 0.15) is 5.58 Å². The van der Waals surface area contributed by atoms with Gasteiger partial charge < -0.3 is 10.2 Å². The summed E-state index contributed by atoms with van der Waals surface area (Å²) in [5.74, 6) is 1.26. The van der Waals surface area contributed by atoms with Crippen LogP contribution in [0.3, 0.4) is 0 Å². The molecule has 0 spiro atoms. The smallest absolute Gasteiger partial charge is 0.224 e. The number of anilines is 1. The van der Waals surface area contributed by atoms with E-state index < -0.39 is 0 Å². The van der Waals surface area contributed by atoms with Gasteiger partial charge in [-0.3, -0.25) is 0 Å². The Labute approximate surface area is 107 Å². The van der Waals surface area contributed by atoms with Crippen molar-refractivity contribution in [3.8, 4) is 11.6 Å². The number of hydrogen-bond donors (Lipinski definition) is 1. The molecule has 0 fully saturated rings. The summed E-state index contributed by atoms with van der Waals surface area (Å²) in [6, 6.07) is 9.65. The van der Waals surface area contributed by atoms with E-state index in [-0.39, 0.29) is 5.95 Å². The normalized spacial score (nSPS) is 10.9. The Morgan fingerprint density at radius 3 is 2.78 bits per heavy atom. The van der Waals surface area contributed by atoms with Crippen molar-refractivity contribution >= 4 is 28.7 Å². The molecule has 90 valence electrons. The van der Waals surface area contributed by atoms with Crippen molar-refractivity contribution in [1.82, 2.24) is 15.0 Å². The van der Waals surface area contributed by atoms with Crippen molar-refractivity contribution in [2.75, 3.05) is 12.0 Å². The Kier molecular flexibility index (Phi) is 2.64. The SMILES string of the molecule is CSc1nc(N)nc(-c2cc3ccccc3o2)n1. The van der Waals surface area contributed by atoms with Gasteiger partial charge in [-0.2, -0.15) is 15.0 Å². The zero-order chi connectivity index (χ0) is 12.5. The molecule has 5 nitrogen and oxygen atoms in total. The van der Waals surface area contributed by atoms with E-state index in [2.05, 4.69) is 15.0 Å². The van der Waals surface area contributed by atoms with Crippen LogP contribution in [0.15, 0.2) is 39.9 Å². The van der Waals surface area contributed by atoms with Crippen LogP contribution < -0.4 is 5.73 Å². The highest BCUT2D eigenvalue weighted by atomic mass is 32.2. The lowest BCUT2D eigenvalue weighted by Gasteiger charge is -1.99. The van der Waals surface area contributed by atoms with Gasteiger partial charge >= 0.3 is 0 Å². The van der Waals surface area contributed by atoms with E-state index >= 15 is 0 Å². The molecular weight excluding hydrogens is 248 g/mol. The van der Waals surface area contributed by atoms with Crippen LogP contribution in [0.4, 0.5) is 5.95 Å². The molecule has 0 aliphatic rings. The minimum absolute atomic E-state index is 0.199. The quantitative estimate of drug-likeness (QED) is 0.712. The molecule has 0 saturated carbocycles. The summed E-state index contributed by atoms with van der Waals surface area (Å²) in [7, 11) is 0. The Morgan fingerprint density at radius 2 is 2.00 bits per heavy atom. The number of fused-ring (bicyclic) bond motifs is 1. The van der Waals surface area contributed by atoms with Gasteiger partial charge in [0.25, 0.3) is 0 Å². The van der Waals surface area contributed by atoms with Crippen LogP contribution >= 0.6 is 11.8 Å². The first-order valence-corrected chi connectivity index (χ1v) is 6.53. The average Bonchev–Trinajstić information content (AvgIpc) is 2.81. The summed E-state index contributed by atoms with van der Waals surface area (Å²) in [6.07, 6.45) is 1.89. The summed E-state index contributed by atoms with van der Waals surface area (Å²) in [5.41, 5.74) is 6.45. The molecule has 18 heavy (non-hydrogen) atoms. The van der Waals surface area contributed by atoms with Crippen LogP contribution in [0.2, 0.25) is 0 Å². The molecular formula is C12H10N4OS. The van der Waals surface area contributed by atoms with Gasteiger partial charge in [-0.15, -0.1) is 0 Å². The number of para-hydroxylation sites is 1. The van der Waals surface area contributed by atoms with Crippen LogP contribution in [0.5, 0.6) is 0 Å². The van der Waals surface area contributed by atoms with Crippen molar-refractivity contribution in [2.45, 2.75) is 5.16 Å². The summed E-state index contributed by atoms with van der Waals surface area (Å²) >= 11 is 1.41. The highest BCUT2D eigenvalue weighted by Crippen LogP contribution is 2.26. The number of aromatic nitrogens is 3. The topological polar surface area (TPSA) is 77.8 Å². The number of benzene rings is 1. The number of nitrogens with zero attached hydrogens (tertiary/aromatic N) is 3. The zero-order valence-electron chi connectivity index (χ0n) is 9.62. The van der Waals surface area contributed by atoms with Gasteiger partial charge in [0.15, 0.2) is 10.9 Å². The van der Waals surface area contributed by atoms with E-state index in [1.54, 1.807) is 0 Å². The fourth-order valence-electron chi connectivity index (χ4n) is 1.67. The van der Waals surface area contributed by atoms with E-state index in [1.165, 1.54) is 11.8 Å². The molecule has 0 radical (unpaired) electrons. The molecule has 0 unspecified atom stereocenters. The Bertz CT molecular complexity index is 677. The van der Waals surface area contributed by atoms with Crippen molar-refractivity contribution in [3.63, 3.8) is 0 Å². The number of hydrogen-bond acceptors (Lipinski definition) is 6. The van der Waals surface area contributed by atoms with Crippen LogP contribution in [0, 0.1) is 0 Å².